The van der Waals surface area contributed by atoms with Crippen molar-refractivity contribution < 1.29 is 14.3 Å². The maximum Gasteiger partial charge on any atom is 0.306 e. The van der Waals surface area contributed by atoms with E-state index >= 15 is 0 Å². The number of aromatic nitrogens is 2. The zero-order valence-corrected chi connectivity index (χ0v) is 11.5. The second kappa shape index (κ2) is 5.73. The van der Waals surface area contributed by atoms with Gasteiger partial charge in [0.25, 0.3) is 0 Å². The molecule has 0 aliphatic rings. The molecule has 0 fully saturated rings. The van der Waals surface area contributed by atoms with Gasteiger partial charge in [-0.05, 0) is 19.1 Å². The summed E-state index contributed by atoms with van der Waals surface area (Å²) in [4.78, 5) is 15.9. The summed E-state index contributed by atoms with van der Waals surface area (Å²) < 4.78 is 12.1. The Labute approximate surface area is 112 Å². The monoisotopic (exact) mass is 262 g/mol. The molecule has 0 saturated heterocycles. The zero-order chi connectivity index (χ0) is 13.8. The number of hydrogen-bond donors (Lipinski definition) is 0. The van der Waals surface area contributed by atoms with Crippen molar-refractivity contribution in [2.75, 3.05) is 13.7 Å². The fourth-order valence-corrected chi connectivity index (χ4v) is 2.02. The number of methoxy groups -OCH3 is 1. The molecule has 0 N–H and O–H groups in total. The van der Waals surface area contributed by atoms with E-state index in [0.29, 0.717) is 19.4 Å². The smallest absolute Gasteiger partial charge is 0.306 e. The number of carbonyl (C=O) groups excluding carboxylic acids is 1. The van der Waals surface area contributed by atoms with E-state index in [4.69, 9.17) is 9.47 Å². The van der Waals surface area contributed by atoms with E-state index in [2.05, 4.69) is 4.98 Å². The Bertz CT molecular complexity index is 590. The molecule has 0 unspecified atom stereocenters. The molecule has 0 amide bonds. The summed E-state index contributed by atoms with van der Waals surface area (Å²) in [6, 6.07) is 5.74. The lowest BCUT2D eigenvalue weighted by Crippen LogP contribution is -2.07. The molecule has 5 heteroatoms. The largest absolute Gasteiger partial charge is 0.497 e. The number of rotatable bonds is 5. The van der Waals surface area contributed by atoms with Crippen LogP contribution in [0.3, 0.4) is 0 Å². The fourth-order valence-electron chi connectivity index (χ4n) is 2.02. The number of carbonyl (C=O) groups is 1. The van der Waals surface area contributed by atoms with Gasteiger partial charge in [0.15, 0.2) is 0 Å². The first-order valence-electron chi connectivity index (χ1n) is 6.30. The molecule has 102 valence electrons. The lowest BCUT2D eigenvalue weighted by molar-refractivity contribution is -0.143. The first-order chi connectivity index (χ1) is 9.15. The number of ether oxygens (including phenoxy) is 2. The molecular weight excluding hydrogens is 244 g/mol. The molecule has 0 spiro atoms. The molecule has 2 aromatic rings. The molecule has 1 aromatic carbocycles. The minimum absolute atomic E-state index is 0.188. The van der Waals surface area contributed by atoms with Gasteiger partial charge in [-0.2, -0.15) is 0 Å². The summed E-state index contributed by atoms with van der Waals surface area (Å²) in [5, 5.41) is 0. The van der Waals surface area contributed by atoms with E-state index in [1.54, 1.807) is 14.0 Å². The molecule has 0 radical (unpaired) electrons. The van der Waals surface area contributed by atoms with Crippen molar-refractivity contribution in [1.82, 2.24) is 9.55 Å². The number of benzene rings is 1. The molecule has 0 saturated carbocycles. The van der Waals surface area contributed by atoms with E-state index in [-0.39, 0.29) is 5.97 Å². The van der Waals surface area contributed by atoms with Crippen molar-refractivity contribution in [2.24, 2.45) is 7.05 Å². The van der Waals surface area contributed by atoms with Crippen molar-refractivity contribution in [3.8, 4) is 5.75 Å². The third-order valence-corrected chi connectivity index (χ3v) is 3.04. The molecule has 1 aromatic heterocycles. The zero-order valence-electron chi connectivity index (χ0n) is 11.5. The third kappa shape index (κ3) is 2.86. The molecule has 19 heavy (non-hydrogen) atoms. The van der Waals surface area contributed by atoms with Crippen LogP contribution in [0.4, 0.5) is 0 Å². The van der Waals surface area contributed by atoms with Gasteiger partial charge in [-0.1, -0.05) is 0 Å². The molecular formula is C14H18N2O3. The highest BCUT2D eigenvalue weighted by atomic mass is 16.5. The molecule has 2 rings (SSSR count). The van der Waals surface area contributed by atoms with Gasteiger partial charge in [0.05, 0.1) is 31.2 Å². The van der Waals surface area contributed by atoms with Crippen LogP contribution in [-0.4, -0.2) is 29.2 Å². The number of imidazole rings is 1. The minimum Gasteiger partial charge on any atom is -0.497 e. The highest BCUT2D eigenvalue weighted by Crippen LogP contribution is 2.21. The summed E-state index contributed by atoms with van der Waals surface area (Å²) in [6.07, 6.45) is 0.925. The van der Waals surface area contributed by atoms with Crippen molar-refractivity contribution >= 4 is 17.0 Å². The molecule has 0 aliphatic carbocycles. The molecule has 1 heterocycles. The van der Waals surface area contributed by atoms with E-state index in [9.17, 15) is 4.79 Å². The first kappa shape index (κ1) is 13.4. The van der Waals surface area contributed by atoms with Crippen LogP contribution in [0.5, 0.6) is 5.75 Å². The highest BCUT2D eigenvalue weighted by molar-refractivity contribution is 5.78. The number of esters is 1. The van der Waals surface area contributed by atoms with E-state index < -0.39 is 0 Å². The Morgan fingerprint density at radius 1 is 1.42 bits per heavy atom. The van der Waals surface area contributed by atoms with Crippen molar-refractivity contribution in [1.29, 1.82) is 0 Å². The Morgan fingerprint density at radius 3 is 2.89 bits per heavy atom. The van der Waals surface area contributed by atoms with Crippen LogP contribution in [0.2, 0.25) is 0 Å². The van der Waals surface area contributed by atoms with Crippen LogP contribution in [0.1, 0.15) is 19.2 Å². The summed E-state index contributed by atoms with van der Waals surface area (Å²) in [7, 11) is 3.58. The van der Waals surface area contributed by atoms with Crippen molar-refractivity contribution in [2.45, 2.75) is 19.8 Å². The Balaban J connectivity index is 2.20. The second-order valence-corrected chi connectivity index (χ2v) is 4.25. The van der Waals surface area contributed by atoms with Gasteiger partial charge in [-0.3, -0.25) is 4.79 Å². The van der Waals surface area contributed by atoms with E-state index in [1.807, 2.05) is 29.8 Å². The second-order valence-electron chi connectivity index (χ2n) is 4.25. The first-order valence-corrected chi connectivity index (χ1v) is 6.30. The summed E-state index contributed by atoms with van der Waals surface area (Å²) in [5.74, 6) is 1.48. The van der Waals surface area contributed by atoms with Crippen LogP contribution in [0.25, 0.3) is 11.0 Å². The van der Waals surface area contributed by atoms with Gasteiger partial charge in [0.2, 0.25) is 0 Å². The summed E-state index contributed by atoms with van der Waals surface area (Å²) in [6.45, 7) is 2.22. The molecule has 0 atom stereocenters. The third-order valence-electron chi connectivity index (χ3n) is 3.04. The number of hydrogen-bond acceptors (Lipinski definition) is 4. The summed E-state index contributed by atoms with van der Waals surface area (Å²) in [5.41, 5.74) is 1.90. The van der Waals surface area contributed by atoms with Gasteiger partial charge >= 0.3 is 5.97 Å². The standard InChI is InChI=1S/C14H18N2O3/c1-4-19-14(17)8-7-13-15-11-6-5-10(18-3)9-12(11)16(13)2/h5-6,9H,4,7-8H2,1-3H3. The SMILES string of the molecule is CCOC(=O)CCc1nc2ccc(OC)cc2n1C. The van der Waals surface area contributed by atoms with Crippen LogP contribution in [0, 0.1) is 0 Å². The number of nitrogens with zero attached hydrogens (tertiary/aromatic N) is 2. The van der Waals surface area contributed by atoms with Crippen LogP contribution in [0.15, 0.2) is 18.2 Å². The quantitative estimate of drug-likeness (QED) is 0.774. The maximum atomic E-state index is 11.4. The van der Waals surface area contributed by atoms with E-state index in [1.165, 1.54) is 0 Å². The molecule has 0 aliphatic heterocycles. The average molecular weight is 262 g/mol. The van der Waals surface area contributed by atoms with Crippen molar-refractivity contribution in [3.63, 3.8) is 0 Å². The summed E-state index contributed by atoms with van der Waals surface area (Å²) >= 11 is 0. The van der Waals surface area contributed by atoms with Gasteiger partial charge < -0.3 is 14.0 Å². The number of aryl methyl sites for hydroxylation is 2. The Morgan fingerprint density at radius 2 is 2.21 bits per heavy atom. The number of fused-ring (bicyclic) bond motifs is 1. The molecule has 5 nitrogen and oxygen atoms in total. The van der Waals surface area contributed by atoms with Crippen LogP contribution >= 0.6 is 0 Å². The predicted octanol–water partition coefficient (Wildman–Crippen LogP) is 2.08. The predicted molar refractivity (Wildman–Crippen MR) is 72.2 cm³/mol. The van der Waals surface area contributed by atoms with Crippen LogP contribution in [-0.2, 0) is 23.0 Å². The van der Waals surface area contributed by atoms with Gasteiger partial charge in [-0.15, -0.1) is 0 Å². The molecule has 0 bridgehead atoms. The fraction of sp³-hybridized carbons (Fsp3) is 0.429. The van der Waals surface area contributed by atoms with Gasteiger partial charge in [-0.25, -0.2) is 4.98 Å². The lowest BCUT2D eigenvalue weighted by Gasteiger charge is -2.03. The van der Waals surface area contributed by atoms with E-state index in [0.717, 1.165) is 22.6 Å². The van der Waals surface area contributed by atoms with Gasteiger partial charge in [0, 0.05) is 19.5 Å². The maximum absolute atomic E-state index is 11.4. The highest BCUT2D eigenvalue weighted by Gasteiger charge is 2.11. The topological polar surface area (TPSA) is 53.4 Å². The normalized spacial score (nSPS) is 10.7. The van der Waals surface area contributed by atoms with Crippen LogP contribution < -0.4 is 4.74 Å². The Hall–Kier alpha value is -2.04. The van der Waals surface area contributed by atoms with Gasteiger partial charge in [0.1, 0.15) is 11.6 Å². The average Bonchev–Trinajstić information content (AvgIpc) is 2.73. The van der Waals surface area contributed by atoms with Crippen molar-refractivity contribution in [3.05, 3.63) is 24.0 Å². The Kier molecular flexibility index (Phi) is 4.04. The minimum atomic E-state index is -0.188. The lowest BCUT2D eigenvalue weighted by atomic mass is 10.3.